The Labute approximate surface area is 90.3 Å². The number of carbonyl (C=O) groups is 1. The lowest BCUT2D eigenvalue weighted by atomic mass is 9.99. The largest absolute Gasteiger partial charge is 0.433 e. The Morgan fingerprint density at radius 2 is 1.93 bits per heavy atom. The van der Waals surface area contributed by atoms with Gasteiger partial charge in [-0.1, -0.05) is 44.0 Å². The van der Waals surface area contributed by atoms with E-state index < -0.39 is 0 Å². The zero-order valence-electron chi connectivity index (χ0n) is 8.95. The van der Waals surface area contributed by atoms with Gasteiger partial charge in [0.2, 0.25) is 0 Å². The molecule has 0 aromatic heterocycles. The van der Waals surface area contributed by atoms with E-state index in [1.807, 2.05) is 18.2 Å². The van der Waals surface area contributed by atoms with Gasteiger partial charge in [-0.3, -0.25) is 0 Å². The summed E-state index contributed by atoms with van der Waals surface area (Å²) < 4.78 is 4.83. The van der Waals surface area contributed by atoms with E-state index in [2.05, 4.69) is 13.0 Å². The molecular weight excluding hydrogens is 188 g/mol. The summed E-state index contributed by atoms with van der Waals surface area (Å²) in [6.07, 6.45) is 5.20. The molecule has 0 amide bonds. The van der Waals surface area contributed by atoms with Gasteiger partial charge < -0.3 is 4.74 Å². The predicted octanol–water partition coefficient (Wildman–Crippen LogP) is 2.86. The fourth-order valence-electron chi connectivity index (χ4n) is 1.76. The van der Waals surface area contributed by atoms with Gasteiger partial charge in [-0.15, -0.1) is 0 Å². The van der Waals surface area contributed by atoms with Crippen LogP contribution in [-0.4, -0.2) is 5.97 Å². The third kappa shape index (κ3) is 2.38. The number of carbonyl (C=O) groups excluding carboxylic acids is 1. The van der Waals surface area contributed by atoms with Crippen LogP contribution in [0.2, 0.25) is 0 Å². The number of epoxide rings is 1. The van der Waals surface area contributed by atoms with E-state index in [1.165, 1.54) is 24.8 Å². The van der Waals surface area contributed by atoms with Crippen molar-refractivity contribution in [3.63, 3.8) is 0 Å². The molecule has 1 aromatic rings. The van der Waals surface area contributed by atoms with E-state index in [-0.39, 0.29) is 5.97 Å². The molecule has 0 bridgehead atoms. The van der Waals surface area contributed by atoms with Crippen molar-refractivity contribution in [2.24, 2.45) is 0 Å². The monoisotopic (exact) mass is 203 g/mol. The first-order valence-corrected chi connectivity index (χ1v) is 5.50. The summed E-state index contributed by atoms with van der Waals surface area (Å²) in [5.74, 6) is -0.169. The molecule has 1 fully saturated rings. The molecular formula is C13H15O2. The number of cyclic esters (lactones) is 1. The Hall–Kier alpha value is -1.31. The lowest BCUT2D eigenvalue weighted by molar-refractivity contribution is -0.117. The fraction of sp³-hybridized carbons (Fsp3) is 0.385. The number of aryl methyl sites for hydroxylation is 1. The normalized spacial score (nSPS) is 15.1. The lowest BCUT2D eigenvalue weighted by Gasteiger charge is -2.04. The highest BCUT2D eigenvalue weighted by Gasteiger charge is 2.43. The van der Waals surface area contributed by atoms with E-state index in [0.29, 0.717) is 6.10 Å². The summed E-state index contributed by atoms with van der Waals surface area (Å²) in [5, 5.41) is 0. The first-order chi connectivity index (χ1) is 7.33. The molecule has 1 saturated heterocycles. The summed E-state index contributed by atoms with van der Waals surface area (Å²) in [7, 11) is 0. The van der Waals surface area contributed by atoms with Crippen molar-refractivity contribution in [3.05, 3.63) is 41.5 Å². The summed E-state index contributed by atoms with van der Waals surface area (Å²) in [6.45, 7) is 2.19. The third-order valence-corrected chi connectivity index (χ3v) is 2.65. The zero-order valence-corrected chi connectivity index (χ0v) is 8.95. The number of unbranched alkanes of at least 4 members (excludes halogenated alkanes) is 2. The van der Waals surface area contributed by atoms with Gasteiger partial charge in [-0.25, -0.2) is 4.79 Å². The maximum Gasteiger partial charge on any atom is 0.362 e. The van der Waals surface area contributed by atoms with E-state index in [0.717, 1.165) is 12.0 Å². The quantitative estimate of drug-likeness (QED) is 0.544. The summed E-state index contributed by atoms with van der Waals surface area (Å²) >= 11 is 0. The molecule has 0 saturated carbocycles. The van der Waals surface area contributed by atoms with Crippen LogP contribution in [0.4, 0.5) is 0 Å². The molecule has 0 spiro atoms. The standard InChI is InChI=1S/C13H15O2/c1-2-3-4-7-10-8-5-6-9-11(10)12-13(14)15-12/h5-6,8-9H,2-4,7H2,1H3. The summed E-state index contributed by atoms with van der Waals surface area (Å²) in [6, 6.07) is 7.99. The molecule has 15 heavy (non-hydrogen) atoms. The molecule has 2 heteroatoms. The van der Waals surface area contributed by atoms with Crippen molar-refractivity contribution in [1.29, 1.82) is 0 Å². The molecule has 1 aromatic carbocycles. The Balaban J connectivity index is 2.05. The lowest BCUT2D eigenvalue weighted by Crippen LogP contribution is -1.94. The van der Waals surface area contributed by atoms with Crippen LogP contribution in [0.15, 0.2) is 24.3 Å². The van der Waals surface area contributed by atoms with Crippen LogP contribution in [0.3, 0.4) is 0 Å². The van der Waals surface area contributed by atoms with Gasteiger partial charge in [-0.05, 0) is 18.4 Å². The molecule has 1 radical (unpaired) electrons. The van der Waals surface area contributed by atoms with Crippen LogP contribution in [-0.2, 0) is 16.0 Å². The van der Waals surface area contributed by atoms with Gasteiger partial charge in [0, 0.05) is 5.56 Å². The predicted molar refractivity (Wildman–Crippen MR) is 58.1 cm³/mol. The third-order valence-electron chi connectivity index (χ3n) is 2.65. The van der Waals surface area contributed by atoms with Gasteiger partial charge in [-0.2, -0.15) is 0 Å². The molecule has 1 heterocycles. The van der Waals surface area contributed by atoms with Crippen molar-refractivity contribution in [2.75, 3.05) is 0 Å². The zero-order chi connectivity index (χ0) is 10.7. The maximum absolute atomic E-state index is 10.9. The molecule has 0 aliphatic carbocycles. The highest BCUT2D eigenvalue weighted by atomic mass is 16.6. The van der Waals surface area contributed by atoms with Crippen molar-refractivity contribution >= 4 is 5.97 Å². The van der Waals surface area contributed by atoms with Gasteiger partial charge in [0.05, 0.1) is 0 Å². The van der Waals surface area contributed by atoms with Crippen LogP contribution < -0.4 is 0 Å². The molecule has 0 atom stereocenters. The Kier molecular flexibility index (Phi) is 3.05. The van der Waals surface area contributed by atoms with Crippen LogP contribution in [0.25, 0.3) is 0 Å². The Morgan fingerprint density at radius 1 is 1.20 bits per heavy atom. The van der Waals surface area contributed by atoms with Gasteiger partial charge in [0.15, 0.2) is 0 Å². The van der Waals surface area contributed by atoms with E-state index in [4.69, 9.17) is 4.74 Å². The van der Waals surface area contributed by atoms with E-state index >= 15 is 0 Å². The number of hydrogen-bond acceptors (Lipinski definition) is 2. The van der Waals surface area contributed by atoms with Crippen LogP contribution in [0.5, 0.6) is 0 Å². The Bertz CT molecular complexity index is 357. The topological polar surface area (TPSA) is 29.6 Å². The van der Waals surface area contributed by atoms with E-state index in [1.54, 1.807) is 0 Å². The average Bonchev–Trinajstić information content (AvgIpc) is 2.97. The van der Waals surface area contributed by atoms with Crippen molar-refractivity contribution in [1.82, 2.24) is 0 Å². The molecule has 0 N–H and O–H groups in total. The number of benzene rings is 1. The van der Waals surface area contributed by atoms with Crippen LogP contribution >= 0.6 is 0 Å². The van der Waals surface area contributed by atoms with Crippen molar-refractivity contribution < 1.29 is 9.53 Å². The smallest absolute Gasteiger partial charge is 0.362 e. The number of hydrogen-bond donors (Lipinski definition) is 0. The summed E-state index contributed by atoms with van der Waals surface area (Å²) in [4.78, 5) is 10.9. The van der Waals surface area contributed by atoms with Crippen LogP contribution in [0, 0.1) is 6.10 Å². The highest BCUT2D eigenvalue weighted by molar-refractivity contribution is 6.01. The minimum absolute atomic E-state index is 0.169. The molecule has 2 rings (SSSR count). The SMILES string of the molecule is CCCCCc1ccccc1[C]1OC1=O. The molecule has 2 nitrogen and oxygen atoms in total. The first-order valence-electron chi connectivity index (χ1n) is 5.50. The Morgan fingerprint density at radius 3 is 2.60 bits per heavy atom. The minimum atomic E-state index is -0.169. The first kappa shape index (κ1) is 10.2. The van der Waals surface area contributed by atoms with Crippen molar-refractivity contribution in [2.45, 2.75) is 32.6 Å². The van der Waals surface area contributed by atoms with Crippen molar-refractivity contribution in [3.8, 4) is 0 Å². The second-order valence-corrected chi connectivity index (χ2v) is 3.83. The molecule has 1 aliphatic heterocycles. The van der Waals surface area contributed by atoms with Gasteiger partial charge >= 0.3 is 5.97 Å². The molecule has 1 aliphatic rings. The molecule has 79 valence electrons. The fourth-order valence-corrected chi connectivity index (χ4v) is 1.76. The van der Waals surface area contributed by atoms with Crippen LogP contribution in [0.1, 0.15) is 37.3 Å². The minimum Gasteiger partial charge on any atom is -0.433 e. The second kappa shape index (κ2) is 4.47. The highest BCUT2D eigenvalue weighted by Crippen LogP contribution is 2.33. The van der Waals surface area contributed by atoms with Gasteiger partial charge in [0.1, 0.15) is 0 Å². The summed E-state index contributed by atoms with van der Waals surface area (Å²) in [5.41, 5.74) is 2.21. The molecule has 0 unspecified atom stereocenters. The maximum atomic E-state index is 10.9. The second-order valence-electron chi connectivity index (χ2n) is 3.83. The average molecular weight is 203 g/mol. The van der Waals surface area contributed by atoms with E-state index in [9.17, 15) is 4.79 Å². The van der Waals surface area contributed by atoms with Gasteiger partial charge in [0.25, 0.3) is 6.10 Å². The number of rotatable bonds is 5. The number of ether oxygens (including phenoxy) is 1.